The standard InChI is InChI=1S/C18H36/c1-4-5-6-7-8-9-10-11-12-13-14-15-16-17-18(2)3/h9-10,18H,4-8,11-17H2,1-3H3. The molecule has 18 heavy (non-hydrogen) atoms. The van der Waals surface area contributed by atoms with E-state index in [1.807, 2.05) is 0 Å². The van der Waals surface area contributed by atoms with Crippen LogP contribution in [0.5, 0.6) is 0 Å². The van der Waals surface area contributed by atoms with Crippen LogP contribution >= 0.6 is 0 Å². The second kappa shape index (κ2) is 14.8. The van der Waals surface area contributed by atoms with Gasteiger partial charge in [-0.2, -0.15) is 0 Å². The molecule has 0 fully saturated rings. The van der Waals surface area contributed by atoms with E-state index < -0.39 is 0 Å². The SMILES string of the molecule is CCCCCCC=CCCCCCCCC(C)C. The summed E-state index contributed by atoms with van der Waals surface area (Å²) < 4.78 is 0. The zero-order valence-electron chi connectivity index (χ0n) is 13.2. The van der Waals surface area contributed by atoms with Gasteiger partial charge in [0.25, 0.3) is 0 Å². The first-order valence-corrected chi connectivity index (χ1v) is 8.42. The average Bonchev–Trinajstić information content (AvgIpc) is 2.34. The fourth-order valence-corrected chi connectivity index (χ4v) is 2.27. The molecule has 0 heterocycles. The molecule has 0 nitrogen and oxygen atoms in total. The summed E-state index contributed by atoms with van der Waals surface area (Å²) >= 11 is 0. The normalized spacial score (nSPS) is 11.8. The van der Waals surface area contributed by atoms with Gasteiger partial charge in [-0.25, -0.2) is 0 Å². The highest BCUT2D eigenvalue weighted by molar-refractivity contribution is 4.81. The van der Waals surface area contributed by atoms with Crippen LogP contribution in [0.3, 0.4) is 0 Å². The van der Waals surface area contributed by atoms with Gasteiger partial charge in [0.05, 0.1) is 0 Å². The van der Waals surface area contributed by atoms with Gasteiger partial charge < -0.3 is 0 Å². The fourth-order valence-electron chi connectivity index (χ4n) is 2.27. The molecule has 0 aliphatic carbocycles. The number of rotatable bonds is 13. The van der Waals surface area contributed by atoms with Crippen LogP contribution in [-0.2, 0) is 0 Å². The Kier molecular flexibility index (Phi) is 14.6. The third-order valence-electron chi connectivity index (χ3n) is 3.54. The molecular formula is C18H36. The highest BCUT2D eigenvalue weighted by Crippen LogP contribution is 2.11. The van der Waals surface area contributed by atoms with E-state index in [0.717, 1.165) is 5.92 Å². The molecule has 0 radical (unpaired) electrons. The quantitative estimate of drug-likeness (QED) is 0.247. The van der Waals surface area contributed by atoms with Crippen LogP contribution in [0, 0.1) is 5.92 Å². The van der Waals surface area contributed by atoms with Gasteiger partial charge >= 0.3 is 0 Å². The Morgan fingerprint density at radius 3 is 1.72 bits per heavy atom. The van der Waals surface area contributed by atoms with Crippen LogP contribution in [0.1, 0.15) is 97.8 Å². The molecule has 0 bridgehead atoms. The van der Waals surface area contributed by atoms with E-state index in [4.69, 9.17) is 0 Å². The highest BCUT2D eigenvalue weighted by atomic mass is 14.0. The Morgan fingerprint density at radius 2 is 1.17 bits per heavy atom. The van der Waals surface area contributed by atoms with Gasteiger partial charge in [0.1, 0.15) is 0 Å². The van der Waals surface area contributed by atoms with Crippen LogP contribution in [0.4, 0.5) is 0 Å². The first-order valence-electron chi connectivity index (χ1n) is 8.42. The predicted molar refractivity (Wildman–Crippen MR) is 85.1 cm³/mol. The maximum atomic E-state index is 2.40. The van der Waals surface area contributed by atoms with Crippen molar-refractivity contribution in [3.05, 3.63) is 12.2 Å². The van der Waals surface area contributed by atoms with E-state index in [2.05, 4.69) is 32.9 Å². The summed E-state index contributed by atoms with van der Waals surface area (Å²) in [6, 6.07) is 0. The van der Waals surface area contributed by atoms with Crippen LogP contribution in [0.25, 0.3) is 0 Å². The minimum absolute atomic E-state index is 0.889. The van der Waals surface area contributed by atoms with E-state index in [-0.39, 0.29) is 0 Å². The molecule has 0 saturated carbocycles. The van der Waals surface area contributed by atoms with Gasteiger partial charge in [-0.05, 0) is 31.6 Å². The van der Waals surface area contributed by atoms with Crippen LogP contribution in [0.15, 0.2) is 12.2 Å². The molecule has 0 N–H and O–H groups in total. The summed E-state index contributed by atoms with van der Waals surface area (Å²) in [4.78, 5) is 0. The minimum atomic E-state index is 0.889. The lowest BCUT2D eigenvalue weighted by atomic mass is 10.0. The lowest BCUT2D eigenvalue weighted by Gasteiger charge is -2.03. The van der Waals surface area contributed by atoms with E-state index in [1.54, 1.807) is 0 Å². The molecule has 0 aliphatic heterocycles. The molecule has 0 unspecified atom stereocenters. The predicted octanol–water partition coefficient (Wildman–Crippen LogP) is 6.90. The molecule has 0 aliphatic rings. The molecule has 0 aromatic carbocycles. The second-order valence-corrected chi connectivity index (χ2v) is 6.06. The topological polar surface area (TPSA) is 0 Å². The Labute approximate surface area is 116 Å². The van der Waals surface area contributed by atoms with E-state index in [1.165, 1.54) is 77.0 Å². The molecule has 0 aromatic heterocycles. The number of hydrogen-bond donors (Lipinski definition) is 0. The van der Waals surface area contributed by atoms with Gasteiger partial charge in [0, 0.05) is 0 Å². The molecule has 0 atom stereocenters. The lowest BCUT2D eigenvalue weighted by molar-refractivity contribution is 0.516. The first kappa shape index (κ1) is 17.7. The Bertz CT molecular complexity index is 167. The van der Waals surface area contributed by atoms with Crippen molar-refractivity contribution in [3.63, 3.8) is 0 Å². The van der Waals surface area contributed by atoms with E-state index in [9.17, 15) is 0 Å². The zero-order chi connectivity index (χ0) is 13.5. The largest absolute Gasteiger partial charge is 0.0885 e. The average molecular weight is 252 g/mol. The van der Waals surface area contributed by atoms with Gasteiger partial charge in [0.2, 0.25) is 0 Å². The van der Waals surface area contributed by atoms with E-state index in [0.29, 0.717) is 0 Å². The van der Waals surface area contributed by atoms with Crippen molar-refractivity contribution in [2.45, 2.75) is 97.8 Å². The van der Waals surface area contributed by atoms with Crippen LogP contribution in [0.2, 0.25) is 0 Å². The maximum absolute atomic E-state index is 2.40. The Morgan fingerprint density at radius 1 is 0.667 bits per heavy atom. The maximum Gasteiger partial charge on any atom is -0.0351 e. The summed E-state index contributed by atoms with van der Waals surface area (Å²) in [7, 11) is 0. The fraction of sp³-hybridized carbons (Fsp3) is 0.889. The Hall–Kier alpha value is -0.260. The molecular weight excluding hydrogens is 216 g/mol. The zero-order valence-corrected chi connectivity index (χ0v) is 13.2. The highest BCUT2D eigenvalue weighted by Gasteiger charge is 1.94. The lowest BCUT2D eigenvalue weighted by Crippen LogP contribution is -1.86. The van der Waals surface area contributed by atoms with Gasteiger partial charge in [-0.3, -0.25) is 0 Å². The summed E-state index contributed by atoms with van der Waals surface area (Å²) in [6.07, 6.45) is 21.5. The van der Waals surface area contributed by atoms with Crippen molar-refractivity contribution in [3.8, 4) is 0 Å². The van der Waals surface area contributed by atoms with Crippen molar-refractivity contribution in [2.75, 3.05) is 0 Å². The van der Waals surface area contributed by atoms with Crippen molar-refractivity contribution < 1.29 is 0 Å². The smallest absolute Gasteiger partial charge is 0.0351 e. The summed E-state index contributed by atoms with van der Waals surface area (Å²) in [5.41, 5.74) is 0. The van der Waals surface area contributed by atoms with Gasteiger partial charge in [0.15, 0.2) is 0 Å². The summed E-state index contributed by atoms with van der Waals surface area (Å²) in [5, 5.41) is 0. The molecule has 0 rings (SSSR count). The summed E-state index contributed by atoms with van der Waals surface area (Å²) in [6.45, 7) is 6.92. The second-order valence-electron chi connectivity index (χ2n) is 6.06. The van der Waals surface area contributed by atoms with Crippen molar-refractivity contribution in [1.29, 1.82) is 0 Å². The molecule has 0 amide bonds. The molecule has 108 valence electrons. The monoisotopic (exact) mass is 252 g/mol. The van der Waals surface area contributed by atoms with Gasteiger partial charge in [-0.1, -0.05) is 84.3 Å². The third kappa shape index (κ3) is 15.7. The number of hydrogen-bond acceptors (Lipinski definition) is 0. The van der Waals surface area contributed by atoms with Crippen molar-refractivity contribution in [1.82, 2.24) is 0 Å². The first-order chi connectivity index (χ1) is 8.77. The molecule has 0 spiro atoms. The summed E-state index contributed by atoms with van der Waals surface area (Å²) in [5.74, 6) is 0.889. The third-order valence-corrected chi connectivity index (χ3v) is 3.54. The van der Waals surface area contributed by atoms with Crippen molar-refractivity contribution >= 4 is 0 Å². The molecule has 0 heteroatoms. The number of unbranched alkanes of at least 4 members (excludes halogenated alkanes) is 9. The Balaban J connectivity index is 3.04. The van der Waals surface area contributed by atoms with Crippen molar-refractivity contribution in [2.24, 2.45) is 5.92 Å². The molecule has 0 aromatic rings. The number of allylic oxidation sites excluding steroid dienone is 2. The van der Waals surface area contributed by atoms with E-state index >= 15 is 0 Å². The van der Waals surface area contributed by atoms with Crippen LogP contribution in [-0.4, -0.2) is 0 Å². The molecule has 0 saturated heterocycles. The minimum Gasteiger partial charge on any atom is -0.0885 e. The van der Waals surface area contributed by atoms with Crippen LogP contribution < -0.4 is 0 Å². The van der Waals surface area contributed by atoms with Gasteiger partial charge in [-0.15, -0.1) is 0 Å².